The molecule has 0 aliphatic heterocycles. The maximum Gasteiger partial charge on any atom is 0.227 e. The van der Waals surface area contributed by atoms with Crippen LogP contribution in [0.5, 0.6) is 5.75 Å². The predicted molar refractivity (Wildman–Crippen MR) is 76.9 cm³/mol. The largest absolute Gasteiger partial charge is 0.494 e. The average Bonchev–Trinajstić information content (AvgIpc) is 2.90. The first-order chi connectivity index (χ1) is 10.5. The van der Waals surface area contributed by atoms with Crippen molar-refractivity contribution in [2.45, 2.75) is 32.7 Å². The Balaban J connectivity index is 1.89. The van der Waals surface area contributed by atoms with Crippen LogP contribution in [0.25, 0.3) is 0 Å². The number of nitrogens with zero attached hydrogens (tertiary/aromatic N) is 2. The van der Waals surface area contributed by atoms with E-state index in [0.29, 0.717) is 23.7 Å². The lowest BCUT2D eigenvalue weighted by molar-refractivity contribution is -0.121. The molecule has 0 saturated heterocycles. The molecule has 6 nitrogen and oxygen atoms in total. The van der Waals surface area contributed by atoms with E-state index in [1.807, 2.05) is 0 Å². The summed E-state index contributed by atoms with van der Waals surface area (Å²) in [5, 5.41) is 6.46. The highest BCUT2D eigenvalue weighted by molar-refractivity contribution is 5.76. The first-order valence-electron chi connectivity index (χ1n) is 6.91. The van der Waals surface area contributed by atoms with Crippen LogP contribution >= 0.6 is 0 Å². The zero-order valence-electron chi connectivity index (χ0n) is 12.7. The molecule has 1 N–H and O–H groups in total. The third kappa shape index (κ3) is 4.03. The molecule has 7 heteroatoms. The van der Waals surface area contributed by atoms with Crippen molar-refractivity contribution in [2.75, 3.05) is 7.11 Å². The molecule has 1 heterocycles. The van der Waals surface area contributed by atoms with Crippen LogP contribution in [0.4, 0.5) is 4.39 Å². The first kappa shape index (κ1) is 15.9. The monoisotopic (exact) mass is 307 g/mol. The molecule has 0 fully saturated rings. The van der Waals surface area contributed by atoms with Crippen LogP contribution in [0.2, 0.25) is 0 Å². The van der Waals surface area contributed by atoms with Crippen molar-refractivity contribution in [1.29, 1.82) is 0 Å². The highest BCUT2D eigenvalue weighted by atomic mass is 19.1. The molecule has 1 aromatic heterocycles. The first-order valence-corrected chi connectivity index (χ1v) is 6.91. The van der Waals surface area contributed by atoms with Gasteiger partial charge in [0, 0.05) is 12.8 Å². The van der Waals surface area contributed by atoms with E-state index in [1.165, 1.54) is 19.2 Å². The summed E-state index contributed by atoms with van der Waals surface area (Å²) in [4.78, 5) is 15.9. The lowest BCUT2D eigenvalue weighted by Gasteiger charge is -2.15. The molecule has 1 amide bonds. The topological polar surface area (TPSA) is 77.2 Å². The van der Waals surface area contributed by atoms with Crippen LogP contribution in [0.15, 0.2) is 22.7 Å². The number of carbonyl (C=O) groups is 1. The Labute approximate surface area is 127 Å². The minimum Gasteiger partial charge on any atom is -0.494 e. The molecule has 22 heavy (non-hydrogen) atoms. The van der Waals surface area contributed by atoms with Gasteiger partial charge in [0.05, 0.1) is 13.2 Å². The summed E-state index contributed by atoms with van der Waals surface area (Å²) in [7, 11) is 1.41. The number of aromatic nitrogens is 2. The van der Waals surface area contributed by atoms with Crippen LogP contribution in [0.3, 0.4) is 0 Å². The molecular weight excluding hydrogens is 289 g/mol. The Kier molecular flexibility index (Phi) is 5.08. The van der Waals surface area contributed by atoms with E-state index in [4.69, 9.17) is 9.26 Å². The molecule has 2 aromatic rings. The van der Waals surface area contributed by atoms with Crippen molar-refractivity contribution in [1.82, 2.24) is 15.5 Å². The standard InChI is InChI=1S/C15H18FN3O3/c1-9(11-4-5-13(21-3)12(16)8-11)17-14(20)6-7-15-18-10(2)19-22-15/h4-5,8-9H,6-7H2,1-3H3,(H,17,20). The Morgan fingerprint density at radius 3 is 2.86 bits per heavy atom. The molecular formula is C15H18FN3O3. The highest BCUT2D eigenvalue weighted by Gasteiger charge is 2.13. The van der Waals surface area contributed by atoms with E-state index in [2.05, 4.69) is 15.5 Å². The number of nitrogens with one attached hydrogen (secondary N) is 1. The van der Waals surface area contributed by atoms with Crippen molar-refractivity contribution in [2.24, 2.45) is 0 Å². The molecule has 0 aliphatic carbocycles. The van der Waals surface area contributed by atoms with Crippen LogP contribution in [0, 0.1) is 12.7 Å². The van der Waals surface area contributed by atoms with Crippen molar-refractivity contribution < 1.29 is 18.4 Å². The van der Waals surface area contributed by atoms with E-state index >= 15 is 0 Å². The Bertz CT molecular complexity index is 657. The fraction of sp³-hybridized carbons (Fsp3) is 0.400. The summed E-state index contributed by atoms with van der Waals surface area (Å²) in [6, 6.07) is 4.30. The SMILES string of the molecule is COc1ccc(C(C)NC(=O)CCc2nc(C)no2)cc1F. The summed E-state index contributed by atoms with van der Waals surface area (Å²) in [6.07, 6.45) is 0.598. The Hall–Kier alpha value is -2.44. The third-order valence-electron chi connectivity index (χ3n) is 3.19. The van der Waals surface area contributed by atoms with Crippen LogP contribution in [-0.2, 0) is 11.2 Å². The van der Waals surface area contributed by atoms with E-state index < -0.39 is 5.82 Å². The van der Waals surface area contributed by atoms with Gasteiger partial charge in [-0.2, -0.15) is 4.98 Å². The number of ether oxygens (including phenoxy) is 1. The number of aryl methyl sites for hydroxylation is 2. The molecule has 118 valence electrons. The number of amides is 1. The summed E-state index contributed by atoms with van der Waals surface area (Å²) < 4.78 is 23.5. The Morgan fingerprint density at radius 1 is 1.50 bits per heavy atom. The van der Waals surface area contributed by atoms with E-state index in [-0.39, 0.29) is 24.1 Å². The second-order valence-corrected chi connectivity index (χ2v) is 4.92. The number of rotatable bonds is 6. The molecule has 0 radical (unpaired) electrons. The zero-order valence-corrected chi connectivity index (χ0v) is 12.7. The number of hydrogen-bond acceptors (Lipinski definition) is 5. The minimum atomic E-state index is -0.456. The van der Waals surface area contributed by atoms with Crippen LogP contribution in [-0.4, -0.2) is 23.2 Å². The third-order valence-corrected chi connectivity index (χ3v) is 3.19. The van der Waals surface area contributed by atoms with E-state index in [9.17, 15) is 9.18 Å². The molecule has 0 saturated carbocycles. The molecule has 2 rings (SSSR count). The fourth-order valence-electron chi connectivity index (χ4n) is 2.01. The highest BCUT2D eigenvalue weighted by Crippen LogP contribution is 2.21. The molecule has 1 aromatic carbocycles. The van der Waals surface area contributed by atoms with Gasteiger partial charge >= 0.3 is 0 Å². The van der Waals surface area contributed by atoms with Crippen LogP contribution < -0.4 is 10.1 Å². The minimum absolute atomic E-state index is 0.167. The van der Waals surface area contributed by atoms with Gasteiger partial charge in [-0.3, -0.25) is 4.79 Å². The number of carbonyl (C=O) groups excluding carboxylic acids is 1. The van der Waals surface area contributed by atoms with Crippen molar-refractivity contribution in [3.8, 4) is 5.75 Å². The summed E-state index contributed by atoms with van der Waals surface area (Å²) in [5.74, 6) is 0.518. The molecule has 0 bridgehead atoms. The quantitative estimate of drug-likeness (QED) is 0.886. The van der Waals surface area contributed by atoms with Gasteiger partial charge in [-0.05, 0) is 31.5 Å². The van der Waals surface area contributed by atoms with Gasteiger partial charge in [0.15, 0.2) is 17.4 Å². The van der Waals surface area contributed by atoms with Crippen LogP contribution in [0.1, 0.15) is 36.7 Å². The molecule has 1 atom stereocenters. The smallest absolute Gasteiger partial charge is 0.227 e. The fourth-order valence-corrected chi connectivity index (χ4v) is 2.01. The lowest BCUT2D eigenvalue weighted by atomic mass is 10.1. The van der Waals surface area contributed by atoms with Gasteiger partial charge in [-0.25, -0.2) is 4.39 Å². The van der Waals surface area contributed by atoms with Crippen molar-refractivity contribution >= 4 is 5.91 Å². The summed E-state index contributed by atoms with van der Waals surface area (Å²) >= 11 is 0. The van der Waals surface area contributed by atoms with Gasteiger partial charge in [-0.15, -0.1) is 0 Å². The normalized spacial score (nSPS) is 12.0. The van der Waals surface area contributed by atoms with Crippen molar-refractivity contribution in [3.63, 3.8) is 0 Å². The number of benzene rings is 1. The zero-order chi connectivity index (χ0) is 16.1. The number of halogens is 1. The molecule has 0 aliphatic rings. The second kappa shape index (κ2) is 7.02. The maximum absolute atomic E-state index is 13.7. The number of methoxy groups -OCH3 is 1. The van der Waals surface area contributed by atoms with Gasteiger partial charge in [0.2, 0.25) is 11.8 Å². The average molecular weight is 307 g/mol. The number of hydrogen-bond donors (Lipinski definition) is 1. The lowest BCUT2D eigenvalue weighted by Crippen LogP contribution is -2.26. The van der Waals surface area contributed by atoms with Gasteiger partial charge < -0.3 is 14.6 Å². The van der Waals surface area contributed by atoms with Gasteiger partial charge in [0.1, 0.15) is 0 Å². The summed E-state index contributed by atoms with van der Waals surface area (Å²) in [5.41, 5.74) is 0.667. The molecule has 1 unspecified atom stereocenters. The maximum atomic E-state index is 13.7. The summed E-state index contributed by atoms with van der Waals surface area (Å²) in [6.45, 7) is 3.50. The Morgan fingerprint density at radius 2 is 2.27 bits per heavy atom. The van der Waals surface area contributed by atoms with Crippen molar-refractivity contribution in [3.05, 3.63) is 41.3 Å². The van der Waals surface area contributed by atoms with Gasteiger partial charge in [-0.1, -0.05) is 11.2 Å². The predicted octanol–water partition coefficient (Wildman–Crippen LogP) is 2.34. The van der Waals surface area contributed by atoms with Gasteiger partial charge in [0.25, 0.3) is 0 Å². The van der Waals surface area contributed by atoms with E-state index in [0.717, 1.165) is 0 Å². The van der Waals surface area contributed by atoms with E-state index in [1.54, 1.807) is 19.9 Å². The molecule has 0 spiro atoms. The second-order valence-electron chi connectivity index (χ2n) is 4.92.